The molecule has 0 saturated heterocycles. The van der Waals surface area contributed by atoms with E-state index in [9.17, 15) is 9.90 Å². The van der Waals surface area contributed by atoms with Gasteiger partial charge in [0.05, 0.1) is 18.5 Å². The summed E-state index contributed by atoms with van der Waals surface area (Å²) < 4.78 is 3.34. The summed E-state index contributed by atoms with van der Waals surface area (Å²) in [5, 5.41) is 13.4. The molecule has 4 rings (SSSR count). The number of aliphatic hydroxyl groups is 1. The molecule has 0 bridgehead atoms. The first-order valence-electron chi connectivity index (χ1n) is 9.04. The summed E-state index contributed by atoms with van der Waals surface area (Å²) in [6.45, 7) is 0.572. The standard InChI is InChI=1S/C19H23N5O2/c1-23-18(26)16-17(20-12-24(16)11-13-7-3-2-4-8-13)22-19(23)21-14-9-5-6-10-15(14)25/h2-4,7-8,12,14-15,25H,5-6,9-11H2,1H3,(H,21,22)/t14-,15-/m1/s1. The minimum Gasteiger partial charge on any atom is -0.391 e. The fourth-order valence-electron chi connectivity index (χ4n) is 3.58. The van der Waals surface area contributed by atoms with Crippen molar-refractivity contribution in [3.63, 3.8) is 0 Å². The normalized spacial score (nSPS) is 20.4. The molecule has 0 unspecified atom stereocenters. The number of nitrogens with one attached hydrogen (secondary N) is 1. The quantitative estimate of drug-likeness (QED) is 0.748. The van der Waals surface area contributed by atoms with Crippen LogP contribution in [0.5, 0.6) is 0 Å². The topological polar surface area (TPSA) is 85.0 Å². The molecule has 2 heterocycles. The summed E-state index contributed by atoms with van der Waals surface area (Å²) in [5.41, 5.74) is 1.88. The molecule has 136 valence electrons. The van der Waals surface area contributed by atoms with E-state index < -0.39 is 6.10 Å². The third-order valence-corrected chi connectivity index (χ3v) is 5.09. The van der Waals surface area contributed by atoms with Gasteiger partial charge in [0.1, 0.15) is 0 Å². The van der Waals surface area contributed by atoms with Crippen LogP contribution in [0.25, 0.3) is 11.2 Å². The molecule has 7 nitrogen and oxygen atoms in total. The molecule has 26 heavy (non-hydrogen) atoms. The number of aliphatic hydroxyl groups excluding tert-OH is 1. The van der Waals surface area contributed by atoms with Crippen LogP contribution in [0.4, 0.5) is 5.95 Å². The van der Waals surface area contributed by atoms with Crippen LogP contribution >= 0.6 is 0 Å². The van der Waals surface area contributed by atoms with E-state index in [4.69, 9.17) is 0 Å². The number of hydrogen-bond acceptors (Lipinski definition) is 5. The zero-order valence-electron chi connectivity index (χ0n) is 14.8. The van der Waals surface area contributed by atoms with Gasteiger partial charge in [-0.25, -0.2) is 4.98 Å². The van der Waals surface area contributed by atoms with E-state index in [-0.39, 0.29) is 11.6 Å². The van der Waals surface area contributed by atoms with Crippen molar-refractivity contribution < 1.29 is 5.11 Å². The van der Waals surface area contributed by atoms with E-state index in [2.05, 4.69) is 15.3 Å². The minimum atomic E-state index is -0.410. The SMILES string of the molecule is Cn1c(N[C@@H]2CCCC[C@H]2O)nc2ncn(Cc3ccccc3)c2c1=O. The average molecular weight is 353 g/mol. The maximum absolute atomic E-state index is 12.9. The first-order chi connectivity index (χ1) is 12.6. The lowest BCUT2D eigenvalue weighted by Crippen LogP contribution is -2.38. The first kappa shape index (κ1) is 16.8. The van der Waals surface area contributed by atoms with Crippen molar-refractivity contribution in [2.75, 3.05) is 5.32 Å². The lowest BCUT2D eigenvalue weighted by molar-refractivity contribution is 0.116. The fourth-order valence-corrected chi connectivity index (χ4v) is 3.58. The van der Waals surface area contributed by atoms with Crippen LogP contribution in [0.3, 0.4) is 0 Å². The Morgan fingerprint density at radius 2 is 2.00 bits per heavy atom. The smallest absolute Gasteiger partial charge is 0.280 e. The van der Waals surface area contributed by atoms with Gasteiger partial charge < -0.3 is 15.0 Å². The van der Waals surface area contributed by atoms with Gasteiger partial charge in [0.25, 0.3) is 5.56 Å². The third kappa shape index (κ3) is 3.10. The molecule has 1 fully saturated rings. The number of imidazole rings is 1. The Balaban J connectivity index is 1.68. The number of aromatic nitrogens is 4. The van der Waals surface area contributed by atoms with Gasteiger partial charge in [-0.2, -0.15) is 4.98 Å². The lowest BCUT2D eigenvalue weighted by atomic mass is 9.93. The Hall–Kier alpha value is -2.67. The van der Waals surface area contributed by atoms with Gasteiger partial charge in [-0.1, -0.05) is 43.2 Å². The molecule has 1 saturated carbocycles. The van der Waals surface area contributed by atoms with Crippen molar-refractivity contribution in [3.05, 3.63) is 52.6 Å². The van der Waals surface area contributed by atoms with Crippen molar-refractivity contribution in [2.45, 2.75) is 44.4 Å². The first-order valence-corrected chi connectivity index (χ1v) is 9.04. The van der Waals surface area contributed by atoms with Gasteiger partial charge >= 0.3 is 0 Å². The Labute approximate surface area is 151 Å². The van der Waals surface area contributed by atoms with Crippen molar-refractivity contribution in [1.82, 2.24) is 19.1 Å². The van der Waals surface area contributed by atoms with Crippen LogP contribution in [0.15, 0.2) is 41.5 Å². The number of rotatable bonds is 4. The Morgan fingerprint density at radius 3 is 2.77 bits per heavy atom. The van der Waals surface area contributed by atoms with Crippen molar-refractivity contribution in [3.8, 4) is 0 Å². The molecule has 2 N–H and O–H groups in total. The predicted octanol–water partition coefficient (Wildman–Crippen LogP) is 1.89. The monoisotopic (exact) mass is 353 g/mol. The van der Waals surface area contributed by atoms with Crippen molar-refractivity contribution >= 4 is 17.1 Å². The van der Waals surface area contributed by atoms with Gasteiger partial charge in [0.15, 0.2) is 11.2 Å². The highest BCUT2D eigenvalue weighted by Gasteiger charge is 2.24. The zero-order chi connectivity index (χ0) is 18.1. The highest BCUT2D eigenvalue weighted by molar-refractivity contribution is 5.71. The summed E-state index contributed by atoms with van der Waals surface area (Å²) in [6, 6.07) is 9.87. The highest BCUT2D eigenvalue weighted by atomic mass is 16.3. The van der Waals surface area contributed by atoms with Gasteiger partial charge in [-0.05, 0) is 18.4 Å². The molecule has 0 amide bonds. The van der Waals surface area contributed by atoms with Crippen LogP contribution in [-0.2, 0) is 13.6 Å². The Morgan fingerprint density at radius 1 is 1.23 bits per heavy atom. The fraction of sp³-hybridized carbons (Fsp3) is 0.421. The molecule has 2 aromatic heterocycles. The van der Waals surface area contributed by atoms with Crippen LogP contribution in [-0.4, -0.2) is 36.4 Å². The van der Waals surface area contributed by atoms with Crippen molar-refractivity contribution in [1.29, 1.82) is 0 Å². The molecule has 1 aromatic carbocycles. The number of benzene rings is 1. The Bertz CT molecular complexity index is 963. The molecular weight excluding hydrogens is 330 g/mol. The van der Waals surface area contributed by atoms with Crippen LogP contribution in [0.2, 0.25) is 0 Å². The van der Waals surface area contributed by atoms with Crippen LogP contribution in [0, 0.1) is 0 Å². The summed E-state index contributed by atoms with van der Waals surface area (Å²) >= 11 is 0. The summed E-state index contributed by atoms with van der Waals surface area (Å²) in [6.07, 6.45) is 5.00. The van der Waals surface area contributed by atoms with E-state index in [1.165, 1.54) is 4.57 Å². The molecular formula is C19H23N5O2. The molecule has 0 spiro atoms. The van der Waals surface area contributed by atoms with Gasteiger partial charge in [0, 0.05) is 13.6 Å². The van der Waals surface area contributed by atoms with E-state index >= 15 is 0 Å². The third-order valence-electron chi connectivity index (χ3n) is 5.09. The molecule has 1 aliphatic carbocycles. The molecule has 7 heteroatoms. The molecule has 3 aromatic rings. The second-order valence-corrected chi connectivity index (χ2v) is 6.93. The molecule has 2 atom stereocenters. The molecule has 0 aliphatic heterocycles. The summed E-state index contributed by atoms with van der Waals surface area (Å²) in [7, 11) is 1.70. The zero-order valence-corrected chi connectivity index (χ0v) is 14.8. The largest absolute Gasteiger partial charge is 0.391 e. The van der Waals surface area contributed by atoms with Crippen molar-refractivity contribution in [2.24, 2.45) is 7.05 Å². The number of nitrogens with zero attached hydrogens (tertiary/aromatic N) is 4. The highest BCUT2D eigenvalue weighted by Crippen LogP contribution is 2.21. The molecule has 0 radical (unpaired) electrons. The maximum atomic E-state index is 12.9. The summed E-state index contributed by atoms with van der Waals surface area (Å²) in [4.78, 5) is 21.8. The van der Waals surface area contributed by atoms with Gasteiger partial charge in [-0.15, -0.1) is 0 Å². The van der Waals surface area contributed by atoms with Gasteiger partial charge in [0.2, 0.25) is 5.95 Å². The average Bonchev–Trinajstić information content (AvgIpc) is 3.04. The second kappa shape index (κ2) is 6.92. The molecule has 1 aliphatic rings. The summed E-state index contributed by atoms with van der Waals surface area (Å²) in [5.74, 6) is 0.457. The number of fused-ring (bicyclic) bond motifs is 1. The van der Waals surface area contributed by atoms with E-state index in [1.54, 1.807) is 13.4 Å². The van der Waals surface area contributed by atoms with Crippen LogP contribution in [0.1, 0.15) is 31.2 Å². The van der Waals surface area contributed by atoms with E-state index in [1.807, 2.05) is 34.9 Å². The van der Waals surface area contributed by atoms with Gasteiger partial charge in [-0.3, -0.25) is 9.36 Å². The van der Waals surface area contributed by atoms with E-state index in [0.29, 0.717) is 23.7 Å². The van der Waals surface area contributed by atoms with E-state index in [0.717, 1.165) is 31.2 Å². The predicted molar refractivity (Wildman–Crippen MR) is 100 cm³/mol. The Kier molecular flexibility index (Phi) is 4.46. The lowest BCUT2D eigenvalue weighted by Gasteiger charge is -2.29. The number of hydrogen-bond donors (Lipinski definition) is 2. The number of anilines is 1. The second-order valence-electron chi connectivity index (χ2n) is 6.93. The maximum Gasteiger partial charge on any atom is 0.280 e. The minimum absolute atomic E-state index is 0.0781. The van der Waals surface area contributed by atoms with Crippen LogP contribution < -0.4 is 10.9 Å².